The van der Waals surface area contributed by atoms with Crippen LogP contribution < -0.4 is 5.73 Å². The number of amides is 1. The van der Waals surface area contributed by atoms with E-state index in [-0.39, 0.29) is 0 Å². The molecular formula is C2H4ClNO4. The quantitative estimate of drug-likeness (QED) is 0.338. The molecule has 1 amide bonds. The smallest absolute Gasteiger partial charge is 0.450 e. The second-order valence-electron chi connectivity index (χ2n) is 0.587. The Morgan fingerprint density at radius 2 is 1.38 bits per heavy atom. The van der Waals surface area contributed by atoms with Crippen LogP contribution in [0.1, 0.15) is 0 Å². The van der Waals surface area contributed by atoms with Crippen molar-refractivity contribution in [2.75, 3.05) is 0 Å². The zero-order chi connectivity index (χ0) is 7.15. The van der Waals surface area contributed by atoms with Crippen molar-refractivity contribution in [3.63, 3.8) is 0 Å². The number of nitrogens with two attached hydrogens (primary N) is 1. The second kappa shape index (κ2) is 6.03. The molecule has 0 atom stereocenters. The Kier molecular flexibility index (Phi) is 7.62. The summed E-state index contributed by atoms with van der Waals surface area (Å²) in [5.74, 6) is 0. The molecule has 0 heterocycles. The molecule has 0 aliphatic heterocycles. The largest absolute Gasteiger partial charge is 0.503 e. The molecule has 8 heavy (non-hydrogen) atoms. The van der Waals surface area contributed by atoms with E-state index in [1.807, 2.05) is 0 Å². The number of rotatable bonds is 0. The lowest BCUT2D eigenvalue weighted by Gasteiger charge is -1.60. The predicted molar refractivity (Wildman–Crippen MR) is 26.1 cm³/mol. The van der Waals surface area contributed by atoms with Gasteiger partial charge in [-0.3, -0.25) is 4.79 Å². The first-order valence-electron chi connectivity index (χ1n) is 1.33. The first-order valence-corrected chi connectivity index (χ1v) is 1.71. The highest BCUT2D eigenvalue weighted by molar-refractivity contribution is 6.62. The van der Waals surface area contributed by atoms with E-state index in [9.17, 15) is 0 Å². The first kappa shape index (κ1) is 10.1. The molecule has 0 saturated heterocycles. The van der Waals surface area contributed by atoms with Gasteiger partial charge >= 0.3 is 11.5 Å². The fraction of sp³-hybridized carbons (Fsp3) is 0. The summed E-state index contributed by atoms with van der Waals surface area (Å²) in [6, 6.07) is 0. The topological polar surface area (TPSA) is 101 Å². The maximum atomic E-state index is 8.99. The predicted octanol–water partition coefficient (Wildman–Crippen LogP) is 0.526. The van der Waals surface area contributed by atoms with Crippen LogP contribution in [0.15, 0.2) is 0 Å². The molecule has 0 spiro atoms. The number of hydrogen-bond donors (Lipinski definition) is 3. The summed E-state index contributed by atoms with van der Waals surface area (Å²) in [5, 5.41) is 13.1. The fourth-order valence-corrected chi connectivity index (χ4v) is 0. The van der Waals surface area contributed by atoms with Crippen LogP contribution >= 0.6 is 11.6 Å². The SMILES string of the molecule is NC(=O)Cl.O=C(O)O. The number of hydrogen-bond acceptors (Lipinski definition) is 2. The van der Waals surface area contributed by atoms with Crippen molar-refractivity contribution < 1.29 is 19.8 Å². The van der Waals surface area contributed by atoms with Crippen LogP contribution in [0.3, 0.4) is 0 Å². The standard InChI is InChI=1S/CH2ClNO.CH2O3/c2*2-1(3)4/h(H2,3,4);(H2,2,3,4). The highest BCUT2D eigenvalue weighted by Crippen LogP contribution is 1.62. The zero-order valence-electron chi connectivity index (χ0n) is 3.67. The fourth-order valence-electron chi connectivity index (χ4n) is 0. The number of primary amides is 1. The van der Waals surface area contributed by atoms with Gasteiger partial charge in [0.05, 0.1) is 0 Å². The lowest BCUT2D eigenvalue weighted by atomic mass is 11.5. The molecule has 48 valence electrons. The van der Waals surface area contributed by atoms with Crippen molar-refractivity contribution in [2.45, 2.75) is 0 Å². The van der Waals surface area contributed by atoms with Gasteiger partial charge in [-0.1, -0.05) is 0 Å². The summed E-state index contributed by atoms with van der Waals surface area (Å²) in [7, 11) is 0. The molecule has 0 bridgehead atoms. The van der Waals surface area contributed by atoms with Gasteiger partial charge in [0.2, 0.25) is 0 Å². The van der Waals surface area contributed by atoms with Crippen molar-refractivity contribution in [1.29, 1.82) is 0 Å². The van der Waals surface area contributed by atoms with Gasteiger partial charge in [-0.25, -0.2) is 4.79 Å². The summed E-state index contributed by atoms with van der Waals surface area (Å²) < 4.78 is 0. The van der Waals surface area contributed by atoms with Gasteiger partial charge in [-0.05, 0) is 11.6 Å². The summed E-state index contributed by atoms with van der Waals surface area (Å²) in [6.07, 6.45) is -1.83. The van der Waals surface area contributed by atoms with Crippen molar-refractivity contribution in [3.8, 4) is 0 Å². The van der Waals surface area contributed by atoms with E-state index in [0.717, 1.165) is 0 Å². The van der Waals surface area contributed by atoms with Gasteiger partial charge in [-0.2, -0.15) is 0 Å². The minimum atomic E-state index is -1.83. The molecule has 0 aromatic rings. The summed E-state index contributed by atoms with van der Waals surface area (Å²) >= 11 is 4.41. The Bertz CT molecular complexity index is 72.0. The molecule has 4 N–H and O–H groups in total. The van der Waals surface area contributed by atoms with Crippen LogP contribution in [0.2, 0.25) is 0 Å². The Balaban J connectivity index is 0. The van der Waals surface area contributed by atoms with Crippen molar-refractivity contribution in [2.24, 2.45) is 5.73 Å². The van der Waals surface area contributed by atoms with Gasteiger partial charge in [-0.15, -0.1) is 0 Å². The van der Waals surface area contributed by atoms with Gasteiger partial charge < -0.3 is 15.9 Å². The van der Waals surface area contributed by atoms with Crippen LogP contribution in [-0.2, 0) is 0 Å². The van der Waals surface area contributed by atoms with Gasteiger partial charge in [0.25, 0.3) is 0 Å². The van der Waals surface area contributed by atoms with Crippen LogP contribution in [0, 0.1) is 0 Å². The third-order valence-corrected chi connectivity index (χ3v) is 0. The number of carbonyl (C=O) groups is 2. The maximum Gasteiger partial charge on any atom is 0.503 e. The second-order valence-corrected chi connectivity index (χ2v) is 0.959. The Morgan fingerprint density at radius 1 is 1.38 bits per heavy atom. The van der Waals surface area contributed by atoms with E-state index < -0.39 is 11.5 Å². The molecule has 0 rings (SSSR count). The zero-order valence-corrected chi connectivity index (χ0v) is 4.42. The molecule has 0 fully saturated rings. The van der Waals surface area contributed by atoms with E-state index in [1.54, 1.807) is 0 Å². The molecule has 0 unspecified atom stereocenters. The first-order chi connectivity index (χ1) is 3.46. The van der Waals surface area contributed by atoms with Gasteiger partial charge in [0.15, 0.2) is 0 Å². The van der Waals surface area contributed by atoms with E-state index in [0.29, 0.717) is 0 Å². The Labute approximate surface area is 49.7 Å². The molecule has 0 aliphatic carbocycles. The molecule has 0 aromatic carbocycles. The normalized spacial score (nSPS) is 6.12. The summed E-state index contributed by atoms with van der Waals surface area (Å²) in [4.78, 5) is 17.5. The van der Waals surface area contributed by atoms with E-state index >= 15 is 0 Å². The monoisotopic (exact) mass is 141 g/mol. The third kappa shape index (κ3) is 86.8. The lowest BCUT2D eigenvalue weighted by Crippen LogP contribution is -1.94. The molecule has 6 heteroatoms. The molecule has 5 nitrogen and oxygen atoms in total. The van der Waals surface area contributed by atoms with Crippen molar-refractivity contribution in [1.82, 2.24) is 0 Å². The highest BCUT2D eigenvalue weighted by atomic mass is 35.5. The average Bonchev–Trinajstić information content (AvgIpc) is 1.25. The van der Waals surface area contributed by atoms with Crippen LogP contribution in [0.25, 0.3) is 0 Å². The van der Waals surface area contributed by atoms with Gasteiger partial charge in [0, 0.05) is 0 Å². The highest BCUT2D eigenvalue weighted by Gasteiger charge is 1.70. The molecule has 0 saturated carbocycles. The number of carbonyl (C=O) groups excluding carboxylic acids is 1. The summed E-state index contributed by atoms with van der Waals surface area (Å²) in [6.45, 7) is 0. The van der Waals surface area contributed by atoms with E-state index in [1.165, 1.54) is 0 Å². The van der Waals surface area contributed by atoms with Gasteiger partial charge in [0.1, 0.15) is 0 Å². The maximum absolute atomic E-state index is 8.99. The average molecular weight is 142 g/mol. The third-order valence-electron chi connectivity index (χ3n) is 0. The van der Waals surface area contributed by atoms with Crippen molar-refractivity contribution in [3.05, 3.63) is 0 Å². The molecular weight excluding hydrogens is 137 g/mol. The number of halogens is 1. The summed E-state index contributed by atoms with van der Waals surface area (Å²) in [5.41, 5.74) is 4.24. The van der Waals surface area contributed by atoms with Crippen LogP contribution in [-0.4, -0.2) is 21.7 Å². The van der Waals surface area contributed by atoms with E-state index in [4.69, 9.17) is 19.8 Å². The Morgan fingerprint density at radius 3 is 1.38 bits per heavy atom. The number of carboxylic acid groups (broad SMARTS) is 2. The van der Waals surface area contributed by atoms with E-state index in [2.05, 4.69) is 17.3 Å². The minimum Gasteiger partial charge on any atom is -0.450 e. The molecule has 0 aromatic heterocycles. The lowest BCUT2D eigenvalue weighted by molar-refractivity contribution is 0.137. The minimum absolute atomic E-state index is 0.861. The van der Waals surface area contributed by atoms with Crippen molar-refractivity contribution >= 4 is 23.1 Å². The molecule has 0 aliphatic rings. The van der Waals surface area contributed by atoms with Crippen LogP contribution in [0.5, 0.6) is 0 Å². The van der Waals surface area contributed by atoms with Crippen LogP contribution in [0.4, 0.5) is 9.59 Å². The molecule has 0 radical (unpaired) electrons. The Hall–Kier alpha value is -0.970.